The zero-order chi connectivity index (χ0) is 57.0. The highest BCUT2D eigenvalue weighted by Crippen LogP contribution is 2.47. The number of carbonyl (C=O) groups excluding carboxylic acids is 5. The third kappa shape index (κ3) is 20.8. The van der Waals surface area contributed by atoms with E-state index in [1.54, 1.807) is 14.2 Å². The quantitative estimate of drug-likeness (QED) is 0.0242. The van der Waals surface area contributed by atoms with Gasteiger partial charge in [-0.2, -0.15) is 5.26 Å². The summed E-state index contributed by atoms with van der Waals surface area (Å²) >= 11 is 0. The Bertz CT molecular complexity index is 2270. The number of methoxy groups -OCH3 is 2. The normalized spacial score (nSPS) is 18.1. The first-order valence-electron chi connectivity index (χ1n) is 25.7. The lowest BCUT2D eigenvalue weighted by Crippen LogP contribution is -2.66. The van der Waals surface area contributed by atoms with Crippen LogP contribution in [0.25, 0.3) is 0 Å². The van der Waals surface area contributed by atoms with Crippen molar-refractivity contribution in [3.8, 4) is 17.6 Å². The summed E-state index contributed by atoms with van der Waals surface area (Å²) in [5.74, 6) is -1.69. The van der Waals surface area contributed by atoms with E-state index in [1.807, 2.05) is 107 Å². The lowest BCUT2D eigenvalue weighted by Gasteiger charge is -2.44. The van der Waals surface area contributed by atoms with E-state index in [9.17, 15) is 29.2 Å². The van der Waals surface area contributed by atoms with Gasteiger partial charge in [-0.3, -0.25) is 24.0 Å². The van der Waals surface area contributed by atoms with Gasteiger partial charge in [-0.1, -0.05) is 54.6 Å². The molecule has 2 amide bonds. The molecule has 1 aliphatic rings. The number of hydrogen-bond acceptors (Lipinski definition) is 20. The number of nitrogens with zero attached hydrogens (tertiary/aromatic N) is 2. The molecule has 0 radical (unpaired) electrons. The van der Waals surface area contributed by atoms with Gasteiger partial charge in [-0.05, 0) is 68.7 Å². The summed E-state index contributed by atoms with van der Waals surface area (Å²) in [6.45, 7) is 12.9. The van der Waals surface area contributed by atoms with Crippen LogP contribution in [0.15, 0.2) is 78.9 Å². The summed E-state index contributed by atoms with van der Waals surface area (Å²) < 4.78 is 78.2. The summed E-state index contributed by atoms with van der Waals surface area (Å²) in [6.07, 6.45) is -4.68. The maximum Gasteiger partial charge on any atom is 0.303 e. The molecular weight excluding hydrogens is 1040 g/mol. The highest BCUT2D eigenvalue weighted by Gasteiger charge is 2.51. The molecule has 1 aliphatic heterocycles. The first-order valence-corrected chi connectivity index (χ1v) is 26.8. The molecule has 3 aromatic carbocycles. The van der Waals surface area contributed by atoms with Gasteiger partial charge in [0.1, 0.15) is 42.5 Å². The molecule has 1 saturated heterocycles. The zero-order valence-corrected chi connectivity index (χ0v) is 47.2. The molecule has 2 unspecified atom stereocenters. The van der Waals surface area contributed by atoms with Crippen molar-refractivity contribution >= 4 is 38.2 Å². The van der Waals surface area contributed by atoms with E-state index in [4.69, 9.17) is 61.2 Å². The minimum Gasteiger partial charge on any atom is -0.497 e. The summed E-state index contributed by atoms with van der Waals surface area (Å²) in [7, 11) is 1.53. The Morgan fingerprint density at radius 3 is 1.73 bits per heavy atom. The Hall–Kier alpha value is -5.83. The molecule has 23 heteroatoms. The van der Waals surface area contributed by atoms with Crippen molar-refractivity contribution < 1.29 is 85.1 Å². The van der Waals surface area contributed by atoms with E-state index < -0.39 is 80.5 Å². The monoisotopic (exact) mass is 1110 g/mol. The van der Waals surface area contributed by atoms with Gasteiger partial charge in [-0.15, -0.1) is 0 Å². The fourth-order valence-electron chi connectivity index (χ4n) is 8.43. The molecule has 0 aromatic heterocycles. The van der Waals surface area contributed by atoms with Crippen molar-refractivity contribution in [1.82, 2.24) is 15.3 Å². The van der Waals surface area contributed by atoms with Crippen molar-refractivity contribution in [1.29, 1.82) is 5.26 Å². The van der Waals surface area contributed by atoms with Gasteiger partial charge in [-0.25, -0.2) is 4.67 Å². The molecule has 22 nitrogen and oxygen atoms in total. The third-order valence-corrected chi connectivity index (χ3v) is 13.7. The number of carbonyl (C=O) groups is 5. The van der Waals surface area contributed by atoms with Crippen LogP contribution in [0.5, 0.6) is 11.5 Å². The van der Waals surface area contributed by atoms with Crippen LogP contribution in [0.2, 0.25) is 0 Å². The second-order valence-electron chi connectivity index (χ2n) is 18.3. The van der Waals surface area contributed by atoms with Crippen molar-refractivity contribution in [3.05, 3.63) is 95.6 Å². The van der Waals surface area contributed by atoms with Gasteiger partial charge in [0.05, 0.1) is 92.2 Å². The Balaban J connectivity index is 1.40. The van der Waals surface area contributed by atoms with Crippen LogP contribution in [-0.2, 0) is 81.3 Å². The maximum absolute atomic E-state index is 13.7. The van der Waals surface area contributed by atoms with Crippen molar-refractivity contribution in [2.45, 2.75) is 116 Å². The summed E-state index contributed by atoms with van der Waals surface area (Å²) in [5.41, 5.74) is 1.22. The van der Waals surface area contributed by atoms with E-state index in [0.29, 0.717) is 11.5 Å². The fraction of sp³-hybridized carbons (Fsp3) is 0.564. The molecule has 4 rings (SSSR count). The van der Waals surface area contributed by atoms with Gasteiger partial charge in [0.2, 0.25) is 11.8 Å². The number of benzene rings is 3. The molecule has 0 aliphatic carbocycles. The number of amides is 2. The predicted octanol–water partition coefficient (Wildman–Crippen LogP) is 5.51. The van der Waals surface area contributed by atoms with Gasteiger partial charge in [0.15, 0.2) is 18.5 Å². The molecular formula is C55H77N4O18P. The first kappa shape index (κ1) is 64.7. The molecule has 7 atom stereocenters. The Morgan fingerprint density at radius 2 is 1.22 bits per heavy atom. The van der Waals surface area contributed by atoms with Crippen molar-refractivity contribution in [2.75, 3.05) is 86.9 Å². The molecule has 430 valence electrons. The van der Waals surface area contributed by atoms with E-state index >= 15 is 0 Å². The Kier molecular flexibility index (Phi) is 28.4. The van der Waals surface area contributed by atoms with Gasteiger partial charge >= 0.3 is 17.9 Å². The molecule has 0 spiro atoms. The third-order valence-electron chi connectivity index (χ3n) is 11.6. The van der Waals surface area contributed by atoms with E-state index in [1.165, 1.54) is 13.8 Å². The minimum absolute atomic E-state index is 0.0182. The lowest BCUT2D eigenvalue weighted by atomic mass is 9.80. The fourth-order valence-corrected chi connectivity index (χ4v) is 10.1. The van der Waals surface area contributed by atoms with E-state index in [0.717, 1.165) is 30.5 Å². The van der Waals surface area contributed by atoms with Gasteiger partial charge in [0.25, 0.3) is 8.53 Å². The smallest absolute Gasteiger partial charge is 0.303 e. The molecule has 0 saturated carbocycles. The average Bonchev–Trinajstić information content (AvgIpc) is 3.40. The predicted molar refractivity (Wildman–Crippen MR) is 284 cm³/mol. The van der Waals surface area contributed by atoms with Crippen LogP contribution in [0.4, 0.5) is 0 Å². The van der Waals surface area contributed by atoms with Crippen molar-refractivity contribution in [3.63, 3.8) is 0 Å². The summed E-state index contributed by atoms with van der Waals surface area (Å²) in [6, 6.07) is 25.4. The summed E-state index contributed by atoms with van der Waals surface area (Å²) in [5, 5.41) is 15.0. The molecule has 0 bridgehead atoms. The largest absolute Gasteiger partial charge is 0.497 e. The first-order chi connectivity index (χ1) is 37.4. The van der Waals surface area contributed by atoms with Crippen LogP contribution in [0, 0.1) is 11.3 Å². The van der Waals surface area contributed by atoms with Crippen LogP contribution in [0.3, 0.4) is 0 Å². The molecule has 1 heterocycles. The molecule has 2 N–H and O–H groups in total. The number of esters is 3. The topological polar surface area (TPSA) is 256 Å². The average molecular weight is 1110 g/mol. The highest BCUT2D eigenvalue weighted by atomic mass is 31.2. The van der Waals surface area contributed by atoms with Gasteiger partial charge in [0, 0.05) is 39.8 Å². The lowest BCUT2D eigenvalue weighted by molar-refractivity contribution is -0.279. The van der Waals surface area contributed by atoms with Crippen LogP contribution in [0.1, 0.15) is 78.5 Å². The van der Waals surface area contributed by atoms with Gasteiger partial charge < -0.3 is 71.8 Å². The SMILES string of the molecule is COc1ccc(C(OCC(COP(OCCC#N)N(C(C)C)C(C)C)NC(=O)COCCOCCOCCO[C@@H]2O[C@H](COC(C)=O)[C@H](OC(C)=O)[C@H](OC(C)=O)[C@H]2NC(C)=O)(c2ccccc2)c2ccc(OC)cc2)cc1. The zero-order valence-electron chi connectivity index (χ0n) is 46.3. The van der Waals surface area contributed by atoms with Crippen LogP contribution < -0.4 is 20.1 Å². The Labute approximate surface area is 458 Å². The number of rotatable bonds is 35. The molecule has 1 fully saturated rings. The molecule has 78 heavy (non-hydrogen) atoms. The second-order valence-corrected chi connectivity index (χ2v) is 19.7. The van der Waals surface area contributed by atoms with E-state index in [-0.39, 0.29) is 91.2 Å². The second kappa shape index (κ2) is 34.2. The number of nitrogens with one attached hydrogen (secondary N) is 2. The molecule has 3 aromatic rings. The number of hydrogen-bond donors (Lipinski definition) is 2. The number of ether oxygens (including phenoxy) is 11. The minimum atomic E-state index is -1.68. The Morgan fingerprint density at radius 1 is 0.679 bits per heavy atom. The maximum atomic E-state index is 13.7. The van der Waals surface area contributed by atoms with Crippen molar-refractivity contribution in [2.24, 2.45) is 0 Å². The standard InChI is InChI=1S/C55H77N4O18P/c1-37(2)59(38(3)4)78(73-26-14-25-56)74-34-46(33-72-55(43-15-12-11-13-16-43,44-17-21-47(65-9)22-18-44)45-19-23-48(66-10)24-20-45)58-50(64)36-69-30-29-67-27-28-68-31-32-70-54-51(57-39(5)60)53(76-42(8)63)52(75-41(7)62)49(77-54)35-71-40(6)61/h11-13,15-24,37-38,46,49,51-54H,14,26-36H2,1-10H3,(H,57,60)(H,58,64)/t46?,49-,51-,52+,53-,54-,78?/m1/s1. The summed E-state index contributed by atoms with van der Waals surface area (Å²) in [4.78, 5) is 61.8. The number of nitriles is 1. The van der Waals surface area contributed by atoms with E-state index in [2.05, 4.69) is 21.4 Å². The van der Waals surface area contributed by atoms with Crippen LogP contribution >= 0.6 is 8.53 Å². The van der Waals surface area contributed by atoms with Crippen LogP contribution in [-0.4, -0.2) is 170 Å². The highest BCUT2D eigenvalue weighted by molar-refractivity contribution is 7.44.